The minimum atomic E-state index is -0.670. The third-order valence-electron chi connectivity index (χ3n) is 5.89. The van der Waals surface area contributed by atoms with Gasteiger partial charge < -0.3 is 25.0 Å². The molecule has 0 spiro atoms. The summed E-state index contributed by atoms with van der Waals surface area (Å²) in [6.45, 7) is 9.31. The number of β-amino-alcohol motifs (C(OH)–C–C–N with tert-alkyl or cyclic N) is 1. The Balaban J connectivity index is 1.53. The molecule has 2 atom stereocenters. The van der Waals surface area contributed by atoms with Crippen molar-refractivity contribution in [2.75, 3.05) is 51.8 Å². The van der Waals surface area contributed by atoms with Gasteiger partial charge in [0.2, 0.25) is 0 Å². The van der Waals surface area contributed by atoms with Crippen LogP contribution in [-0.2, 0) is 5.41 Å². The van der Waals surface area contributed by atoms with E-state index in [0.29, 0.717) is 12.3 Å². The zero-order valence-electron chi connectivity index (χ0n) is 19.0. The van der Waals surface area contributed by atoms with E-state index >= 15 is 0 Å². The van der Waals surface area contributed by atoms with Crippen molar-refractivity contribution < 1.29 is 19.7 Å². The molecule has 0 amide bonds. The van der Waals surface area contributed by atoms with Gasteiger partial charge in [-0.3, -0.25) is 4.90 Å². The van der Waals surface area contributed by atoms with E-state index in [2.05, 4.69) is 36.2 Å². The highest BCUT2D eigenvalue weighted by Gasteiger charge is 2.23. The van der Waals surface area contributed by atoms with E-state index in [1.165, 1.54) is 0 Å². The van der Waals surface area contributed by atoms with E-state index in [4.69, 9.17) is 21.1 Å². The van der Waals surface area contributed by atoms with Gasteiger partial charge in [-0.25, -0.2) is 0 Å². The summed E-state index contributed by atoms with van der Waals surface area (Å²) in [4.78, 5) is 2.26. The number of benzene rings is 2. The van der Waals surface area contributed by atoms with Gasteiger partial charge in [0.25, 0.3) is 0 Å². The number of hydrogen-bond acceptors (Lipinski definition) is 6. The molecule has 6 nitrogen and oxygen atoms in total. The van der Waals surface area contributed by atoms with Crippen LogP contribution in [0.4, 0.5) is 0 Å². The molecule has 32 heavy (non-hydrogen) atoms. The van der Waals surface area contributed by atoms with Crippen molar-refractivity contribution in [3.8, 4) is 11.5 Å². The van der Waals surface area contributed by atoms with Crippen molar-refractivity contribution >= 4 is 11.6 Å². The molecule has 1 aliphatic heterocycles. The number of aliphatic hydroxyl groups excluding tert-OH is 2. The minimum Gasteiger partial charge on any atom is -0.491 e. The van der Waals surface area contributed by atoms with Crippen LogP contribution in [-0.4, -0.2) is 79.1 Å². The lowest BCUT2D eigenvalue weighted by Crippen LogP contribution is -2.47. The molecule has 1 heterocycles. The smallest absolute Gasteiger partial charge is 0.119 e. The number of nitrogens with zero attached hydrogens (tertiary/aromatic N) is 1. The summed E-state index contributed by atoms with van der Waals surface area (Å²) in [5.74, 6) is 1.61. The SMILES string of the molecule is CC(C)(c1ccc(OC[C@H](O)CCl)cc1)c1ccc(OC[C@@H](O)CN2CCNCC2)cc1. The van der Waals surface area contributed by atoms with Gasteiger partial charge >= 0.3 is 0 Å². The first-order valence-corrected chi connectivity index (χ1v) is 11.7. The number of nitrogens with one attached hydrogen (secondary N) is 1. The van der Waals surface area contributed by atoms with E-state index in [1.807, 2.05) is 36.4 Å². The fourth-order valence-corrected chi connectivity index (χ4v) is 3.87. The highest BCUT2D eigenvalue weighted by atomic mass is 35.5. The summed E-state index contributed by atoms with van der Waals surface area (Å²) in [5, 5.41) is 23.1. The molecule has 0 aromatic heterocycles. The molecule has 7 heteroatoms. The third-order valence-corrected chi connectivity index (χ3v) is 6.25. The molecule has 176 valence electrons. The predicted molar refractivity (Wildman–Crippen MR) is 128 cm³/mol. The zero-order valence-corrected chi connectivity index (χ0v) is 19.7. The molecule has 2 aromatic carbocycles. The van der Waals surface area contributed by atoms with Crippen LogP contribution < -0.4 is 14.8 Å². The van der Waals surface area contributed by atoms with Crippen molar-refractivity contribution in [1.82, 2.24) is 10.2 Å². The first-order chi connectivity index (χ1) is 15.4. The maximum absolute atomic E-state index is 10.3. The van der Waals surface area contributed by atoms with Gasteiger partial charge in [0.15, 0.2) is 0 Å². The number of rotatable bonds is 11. The van der Waals surface area contributed by atoms with Gasteiger partial charge in [0.1, 0.15) is 36.9 Å². The standard InChI is InChI=1S/C25H35ClN2O4/c1-25(2,19-3-7-23(8-4-19)31-17-21(29)15-26)20-5-9-24(10-6-20)32-18-22(30)16-28-13-11-27-12-14-28/h3-10,21-22,27,29-30H,11-18H2,1-2H3/t21-,22+/m1/s1. The van der Waals surface area contributed by atoms with Gasteiger partial charge in [-0.1, -0.05) is 38.1 Å². The van der Waals surface area contributed by atoms with Crippen molar-refractivity contribution in [3.63, 3.8) is 0 Å². The fraction of sp³-hybridized carbons (Fsp3) is 0.520. The Kier molecular flexibility index (Phi) is 9.20. The first-order valence-electron chi connectivity index (χ1n) is 11.2. The summed E-state index contributed by atoms with van der Waals surface area (Å²) in [5.41, 5.74) is 2.12. The van der Waals surface area contributed by atoms with Crippen molar-refractivity contribution in [2.24, 2.45) is 0 Å². The molecule has 1 aliphatic rings. The van der Waals surface area contributed by atoms with Gasteiger partial charge in [-0.2, -0.15) is 0 Å². The molecular weight excluding hydrogens is 428 g/mol. The second-order valence-electron chi connectivity index (χ2n) is 8.81. The molecule has 3 N–H and O–H groups in total. The number of aliphatic hydroxyl groups is 2. The topological polar surface area (TPSA) is 74.2 Å². The second-order valence-corrected chi connectivity index (χ2v) is 9.12. The van der Waals surface area contributed by atoms with Gasteiger partial charge in [0.05, 0.1) is 5.88 Å². The van der Waals surface area contributed by atoms with Crippen LogP contribution in [0.1, 0.15) is 25.0 Å². The van der Waals surface area contributed by atoms with Gasteiger partial charge in [-0.15, -0.1) is 11.6 Å². The molecule has 3 rings (SSSR count). The molecule has 2 aromatic rings. The normalized spacial score (nSPS) is 17.0. The van der Waals surface area contributed by atoms with Crippen molar-refractivity contribution in [3.05, 3.63) is 59.7 Å². The van der Waals surface area contributed by atoms with Crippen LogP contribution in [0.15, 0.2) is 48.5 Å². The van der Waals surface area contributed by atoms with Crippen LogP contribution in [0.3, 0.4) is 0 Å². The van der Waals surface area contributed by atoms with E-state index < -0.39 is 12.2 Å². The number of alkyl halides is 1. The van der Waals surface area contributed by atoms with Crippen molar-refractivity contribution in [2.45, 2.75) is 31.5 Å². The highest BCUT2D eigenvalue weighted by molar-refractivity contribution is 6.18. The molecule has 0 radical (unpaired) electrons. The predicted octanol–water partition coefficient (Wildman–Crippen LogP) is 2.64. The summed E-state index contributed by atoms with van der Waals surface area (Å²) in [6, 6.07) is 16.0. The zero-order chi connectivity index (χ0) is 23.0. The van der Waals surface area contributed by atoms with Crippen LogP contribution >= 0.6 is 11.6 Å². The summed E-state index contributed by atoms with van der Waals surface area (Å²) in [6.07, 6.45) is -1.17. The van der Waals surface area contributed by atoms with Crippen LogP contribution in [0, 0.1) is 0 Å². The molecule has 0 bridgehead atoms. The lowest BCUT2D eigenvalue weighted by atomic mass is 9.78. The van der Waals surface area contributed by atoms with Crippen LogP contribution in [0.5, 0.6) is 11.5 Å². The van der Waals surface area contributed by atoms with E-state index in [1.54, 1.807) is 0 Å². The highest BCUT2D eigenvalue weighted by Crippen LogP contribution is 2.33. The lowest BCUT2D eigenvalue weighted by Gasteiger charge is -2.29. The van der Waals surface area contributed by atoms with Crippen molar-refractivity contribution in [1.29, 1.82) is 0 Å². The van der Waals surface area contributed by atoms with E-state index in [9.17, 15) is 10.2 Å². The summed E-state index contributed by atoms with van der Waals surface area (Å²) < 4.78 is 11.4. The van der Waals surface area contributed by atoms with Gasteiger partial charge in [-0.05, 0) is 35.4 Å². The fourth-order valence-electron chi connectivity index (χ4n) is 3.78. The van der Waals surface area contributed by atoms with Gasteiger partial charge in [0, 0.05) is 38.1 Å². The lowest BCUT2D eigenvalue weighted by molar-refractivity contribution is 0.0641. The molecular formula is C25H35ClN2O4. The maximum atomic E-state index is 10.3. The Morgan fingerprint density at radius 2 is 1.34 bits per heavy atom. The maximum Gasteiger partial charge on any atom is 0.119 e. The first kappa shape index (κ1) is 24.8. The Bertz CT molecular complexity index is 808. The molecule has 0 unspecified atom stereocenters. The Morgan fingerprint density at radius 3 is 1.81 bits per heavy atom. The Morgan fingerprint density at radius 1 is 0.875 bits per heavy atom. The largest absolute Gasteiger partial charge is 0.491 e. The van der Waals surface area contributed by atoms with Crippen LogP contribution in [0.25, 0.3) is 0 Å². The third kappa shape index (κ3) is 7.09. The molecule has 1 fully saturated rings. The van der Waals surface area contributed by atoms with E-state index in [-0.39, 0.29) is 24.5 Å². The summed E-state index contributed by atoms with van der Waals surface area (Å²) >= 11 is 5.60. The second kappa shape index (κ2) is 11.9. The molecule has 1 saturated heterocycles. The minimum absolute atomic E-state index is 0.153. The monoisotopic (exact) mass is 462 g/mol. The average molecular weight is 463 g/mol. The Hall–Kier alpha value is -1.83. The Labute approximate surface area is 196 Å². The average Bonchev–Trinajstić information content (AvgIpc) is 2.82. The molecule has 0 saturated carbocycles. The number of halogens is 1. The quantitative estimate of drug-likeness (QED) is 0.446. The summed E-state index contributed by atoms with van der Waals surface area (Å²) in [7, 11) is 0. The number of piperazine rings is 1. The number of ether oxygens (including phenoxy) is 2. The molecule has 0 aliphatic carbocycles. The number of hydrogen-bond donors (Lipinski definition) is 3. The van der Waals surface area contributed by atoms with Crippen LogP contribution in [0.2, 0.25) is 0 Å². The van der Waals surface area contributed by atoms with E-state index in [0.717, 1.165) is 43.1 Å².